The highest BCUT2D eigenvalue weighted by molar-refractivity contribution is 5.89. The fourth-order valence-corrected chi connectivity index (χ4v) is 5.61. The number of carbonyl (C=O) groups is 1. The Balaban J connectivity index is 1.26. The number of piperidine rings is 1. The molecule has 2 aliphatic rings. The summed E-state index contributed by atoms with van der Waals surface area (Å²) in [7, 11) is 0. The van der Waals surface area contributed by atoms with Gasteiger partial charge in [-0.15, -0.1) is 0 Å². The largest absolute Gasteiger partial charge is 0.444 e. The Labute approximate surface area is 246 Å². The smallest absolute Gasteiger partial charge is 0.412 e. The molecule has 0 bridgehead atoms. The lowest BCUT2D eigenvalue weighted by molar-refractivity contribution is 0.0636. The van der Waals surface area contributed by atoms with E-state index in [0.29, 0.717) is 24.7 Å². The van der Waals surface area contributed by atoms with E-state index in [1.807, 2.05) is 51.2 Å². The van der Waals surface area contributed by atoms with Crippen LogP contribution in [0.2, 0.25) is 0 Å². The first kappa shape index (κ1) is 28.1. The van der Waals surface area contributed by atoms with Crippen LogP contribution in [0.5, 0.6) is 0 Å². The van der Waals surface area contributed by atoms with E-state index in [-0.39, 0.29) is 6.04 Å². The van der Waals surface area contributed by atoms with Crippen molar-refractivity contribution in [3.05, 3.63) is 66.4 Å². The molecule has 6 rings (SSSR count). The first-order chi connectivity index (χ1) is 20.3. The number of nitrogens with zero attached hydrogens (tertiary/aromatic N) is 6. The second kappa shape index (κ2) is 12.1. The number of rotatable bonds is 6. The summed E-state index contributed by atoms with van der Waals surface area (Å²) in [5.74, 6) is 1.53. The Hall–Kier alpha value is -4.02. The fourth-order valence-electron chi connectivity index (χ4n) is 5.61. The van der Waals surface area contributed by atoms with Crippen molar-refractivity contribution < 1.29 is 14.3 Å². The average Bonchev–Trinajstić information content (AvgIpc) is 3.42. The van der Waals surface area contributed by atoms with Crippen molar-refractivity contribution in [3.63, 3.8) is 0 Å². The SMILES string of the molecule is CC(C)(C)OC(=O)Nc1ccc(-c2nc(N3CCOCC3)c3cnn(C4CCN(Cc5ccccc5)CC4)c3n2)cc1. The van der Waals surface area contributed by atoms with Crippen molar-refractivity contribution in [1.82, 2.24) is 24.6 Å². The number of benzene rings is 2. The normalized spacial score (nSPS) is 17.0. The highest BCUT2D eigenvalue weighted by Gasteiger charge is 2.26. The Kier molecular flexibility index (Phi) is 8.08. The van der Waals surface area contributed by atoms with E-state index in [0.717, 1.165) is 68.0 Å². The van der Waals surface area contributed by atoms with Crippen molar-refractivity contribution in [3.8, 4) is 11.4 Å². The average molecular weight is 570 g/mol. The molecular formula is C32H39N7O3. The maximum Gasteiger partial charge on any atom is 0.412 e. The molecule has 2 fully saturated rings. The Morgan fingerprint density at radius 3 is 2.38 bits per heavy atom. The molecule has 2 aromatic carbocycles. The number of fused-ring (bicyclic) bond motifs is 1. The van der Waals surface area contributed by atoms with Crippen molar-refractivity contribution in [2.75, 3.05) is 49.6 Å². The fraction of sp³-hybridized carbons (Fsp3) is 0.438. The number of carbonyl (C=O) groups excluding carboxylic acids is 1. The van der Waals surface area contributed by atoms with Gasteiger partial charge in [0, 0.05) is 44.0 Å². The molecule has 1 N–H and O–H groups in total. The highest BCUT2D eigenvalue weighted by Crippen LogP contribution is 2.32. The lowest BCUT2D eigenvalue weighted by Crippen LogP contribution is -2.37. The van der Waals surface area contributed by atoms with Crippen LogP contribution in [-0.4, -0.2) is 75.7 Å². The van der Waals surface area contributed by atoms with Crippen LogP contribution >= 0.6 is 0 Å². The molecule has 10 nitrogen and oxygen atoms in total. The van der Waals surface area contributed by atoms with Gasteiger partial charge in [0.15, 0.2) is 11.5 Å². The molecule has 2 aromatic heterocycles. The van der Waals surface area contributed by atoms with Crippen LogP contribution in [0.1, 0.15) is 45.2 Å². The quantitative estimate of drug-likeness (QED) is 0.325. The Morgan fingerprint density at radius 2 is 1.69 bits per heavy atom. The van der Waals surface area contributed by atoms with Crippen molar-refractivity contribution in [2.45, 2.75) is 51.8 Å². The van der Waals surface area contributed by atoms with Crippen LogP contribution < -0.4 is 10.2 Å². The number of nitrogens with one attached hydrogen (secondary N) is 1. The Bertz CT molecular complexity index is 1500. The minimum absolute atomic E-state index is 0.273. The third-order valence-electron chi connectivity index (χ3n) is 7.68. The van der Waals surface area contributed by atoms with E-state index in [4.69, 9.17) is 24.5 Å². The van der Waals surface area contributed by atoms with E-state index in [1.54, 1.807) is 0 Å². The number of ether oxygens (including phenoxy) is 2. The predicted octanol–water partition coefficient (Wildman–Crippen LogP) is 5.51. The monoisotopic (exact) mass is 569 g/mol. The highest BCUT2D eigenvalue weighted by atomic mass is 16.6. The van der Waals surface area contributed by atoms with Crippen LogP contribution in [0.4, 0.5) is 16.3 Å². The van der Waals surface area contributed by atoms with Crippen LogP contribution in [0.3, 0.4) is 0 Å². The van der Waals surface area contributed by atoms with Crippen molar-refractivity contribution in [1.29, 1.82) is 0 Å². The van der Waals surface area contributed by atoms with Gasteiger partial charge in [-0.3, -0.25) is 10.2 Å². The maximum absolute atomic E-state index is 12.2. The van der Waals surface area contributed by atoms with Gasteiger partial charge < -0.3 is 14.4 Å². The zero-order valence-electron chi connectivity index (χ0n) is 24.6. The van der Waals surface area contributed by atoms with Gasteiger partial charge >= 0.3 is 6.09 Å². The first-order valence-electron chi connectivity index (χ1n) is 14.8. The van der Waals surface area contributed by atoms with Gasteiger partial charge in [0.2, 0.25) is 0 Å². The van der Waals surface area contributed by atoms with Gasteiger partial charge in [0.1, 0.15) is 11.4 Å². The Morgan fingerprint density at radius 1 is 0.976 bits per heavy atom. The van der Waals surface area contributed by atoms with Gasteiger partial charge in [-0.05, 0) is 63.4 Å². The van der Waals surface area contributed by atoms with Crippen LogP contribution in [-0.2, 0) is 16.0 Å². The summed E-state index contributed by atoms with van der Waals surface area (Å²) in [4.78, 5) is 27.1. The molecule has 1 amide bonds. The van der Waals surface area contributed by atoms with Crippen molar-refractivity contribution >= 4 is 28.6 Å². The summed E-state index contributed by atoms with van der Waals surface area (Å²) in [5.41, 5.74) is 3.16. The van der Waals surface area contributed by atoms with E-state index >= 15 is 0 Å². The van der Waals surface area contributed by atoms with Gasteiger partial charge in [0.05, 0.1) is 30.8 Å². The topological polar surface area (TPSA) is 97.6 Å². The molecule has 0 aliphatic carbocycles. The number of amides is 1. The van der Waals surface area contributed by atoms with Crippen LogP contribution in [0, 0.1) is 0 Å². The maximum atomic E-state index is 12.2. The molecule has 0 spiro atoms. The second-order valence-corrected chi connectivity index (χ2v) is 12.0. The van der Waals surface area contributed by atoms with Gasteiger partial charge in [-0.25, -0.2) is 19.4 Å². The van der Waals surface area contributed by atoms with E-state index in [1.165, 1.54) is 5.56 Å². The molecule has 0 saturated carbocycles. The molecule has 4 heterocycles. The van der Waals surface area contributed by atoms with Crippen LogP contribution in [0.25, 0.3) is 22.4 Å². The van der Waals surface area contributed by atoms with E-state index in [9.17, 15) is 4.79 Å². The third-order valence-corrected chi connectivity index (χ3v) is 7.68. The molecule has 4 aromatic rings. The number of aromatic nitrogens is 4. The molecular weight excluding hydrogens is 530 g/mol. The summed E-state index contributed by atoms with van der Waals surface area (Å²) in [6, 6.07) is 18.5. The van der Waals surface area contributed by atoms with Crippen molar-refractivity contribution in [2.24, 2.45) is 0 Å². The summed E-state index contributed by atoms with van der Waals surface area (Å²) in [6.07, 6.45) is 3.47. The minimum atomic E-state index is -0.565. The standard InChI is InChI=1S/C32H39N7O3/c1-32(2,3)42-31(40)34-25-11-9-24(10-12-25)28-35-29(38-17-19-41-20-18-38)27-21-33-39(30(27)36-28)26-13-15-37(16-14-26)22-23-7-5-4-6-8-23/h4-12,21,26H,13-20,22H2,1-3H3,(H,34,40). The molecule has 0 atom stereocenters. The lowest BCUT2D eigenvalue weighted by atomic mass is 10.0. The predicted molar refractivity (Wildman–Crippen MR) is 164 cm³/mol. The number of morpholine rings is 1. The number of hydrogen-bond donors (Lipinski definition) is 1. The number of likely N-dealkylation sites (tertiary alicyclic amines) is 1. The molecule has 2 saturated heterocycles. The van der Waals surface area contributed by atoms with Gasteiger partial charge in [-0.2, -0.15) is 5.10 Å². The van der Waals surface area contributed by atoms with E-state index < -0.39 is 11.7 Å². The minimum Gasteiger partial charge on any atom is -0.444 e. The molecule has 42 heavy (non-hydrogen) atoms. The molecule has 10 heteroatoms. The summed E-state index contributed by atoms with van der Waals surface area (Å²) >= 11 is 0. The number of anilines is 2. The first-order valence-corrected chi connectivity index (χ1v) is 14.8. The number of hydrogen-bond acceptors (Lipinski definition) is 8. The summed E-state index contributed by atoms with van der Waals surface area (Å²) in [6.45, 7) is 11.4. The molecule has 220 valence electrons. The van der Waals surface area contributed by atoms with Gasteiger partial charge in [-0.1, -0.05) is 30.3 Å². The zero-order chi connectivity index (χ0) is 29.1. The summed E-state index contributed by atoms with van der Waals surface area (Å²) < 4.78 is 13.1. The van der Waals surface area contributed by atoms with Gasteiger partial charge in [0.25, 0.3) is 0 Å². The molecule has 2 aliphatic heterocycles. The molecule has 0 unspecified atom stereocenters. The zero-order valence-corrected chi connectivity index (χ0v) is 24.6. The lowest BCUT2D eigenvalue weighted by Gasteiger charge is -2.32. The van der Waals surface area contributed by atoms with Crippen LogP contribution in [0.15, 0.2) is 60.8 Å². The summed E-state index contributed by atoms with van der Waals surface area (Å²) in [5, 5.41) is 8.63. The molecule has 0 radical (unpaired) electrons. The van der Waals surface area contributed by atoms with E-state index in [2.05, 4.69) is 50.1 Å². The third kappa shape index (κ3) is 6.55. The second-order valence-electron chi connectivity index (χ2n) is 12.0.